The standard InChI is InChI=1S/C7H5NS.K.H/c1-2-4-7-6(3-1)8-5-9-7;;/h1-5H;;. The first-order valence-corrected chi connectivity index (χ1v) is 3.63. The smallest absolute Gasteiger partial charge is 0.0812 e. The van der Waals surface area contributed by atoms with Gasteiger partial charge in [0.2, 0.25) is 0 Å². The fourth-order valence-corrected chi connectivity index (χ4v) is 1.48. The molecule has 1 aromatic carbocycles. The van der Waals surface area contributed by atoms with Gasteiger partial charge in [0.05, 0.1) is 15.7 Å². The fourth-order valence-electron chi connectivity index (χ4n) is 0.803. The van der Waals surface area contributed by atoms with Gasteiger partial charge in [-0.05, 0) is 12.1 Å². The van der Waals surface area contributed by atoms with Gasteiger partial charge in [0.25, 0.3) is 0 Å². The fraction of sp³-hybridized carbons (Fsp3) is 0. The van der Waals surface area contributed by atoms with Gasteiger partial charge in [-0.1, -0.05) is 12.1 Å². The maximum absolute atomic E-state index is 4.14. The number of rotatable bonds is 0. The zero-order valence-electron chi connectivity index (χ0n) is 4.74. The van der Waals surface area contributed by atoms with Crippen LogP contribution in [0.3, 0.4) is 0 Å². The Balaban J connectivity index is 0.000000500. The minimum absolute atomic E-state index is 0. The molecule has 0 saturated heterocycles. The predicted molar refractivity (Wildman–Crippen MR) is 46.8 cm³/mol. The maximum Gasteiger partial charge on any atom is 0.0812 e. The van der Waals surface area contributed by atoms with Crippen molar-refractivity contribution in [3.63, 3.8) is 0 Å². The Bertz CT molecular complexity index is 288. The Morgan fingerprint density at radius 1 is 1.20 bits per heavy atom. The number of benzene rings is 1. The molecule has 0 bridgehead atoms. The minimum atomic E-state index is 0. The average Bonchev–Trinajstić information content (AvgIpc) is 2.33. The Kier molecular flexibility index (Phi) is 3.49. The molecular weight excluding hydrogens is 169 g/mol. The summed E-state index contributed by atoms with van der Waals surface area (Å²) in [5.41, 5.74) is 2.97. The van der Waals surface area contributed by atoms with Gasteiger partial charge in [-0.3, -0.25) is 0 Å². The molecule has 0 radical (unpaired) electrons. The summed E-state index contributed by atoms with van der Waals surface area (Å²) in [6.07, 6.45) is 0. The number of hydrogen-bond acceptors (Lipinski definition) is 2. The van der Waals surface area contributed by atoms with Crippen molar-refractivity contribution >= 4 is 72.9 Å². The van der Waals surface area contributed by atoms with E-state index in [1.165, 1.54) is 4.70 Å². The summed E-state index contributed by atoms with van der Waals surface area (Å²) >= 11 is 1.68. The zero-order chi connectivity index (χ0) is 6.10. The second kappa shape index (κ2) is 3.95. The summed E-state index contributed by atoms with van der Waals surface area (Å²) in [6.45, 7) is 0. The molecule has 0 N–H and O–H groups in total. The molecule has 2 rings (SSSR count). The average molecular weight is 175 g/mol. The van der Waals surface area contributed by atoms with E-state index in [4.69, 9.17) is 0 Å². The van der Waals surface area contributed by atoms with Crippen molar-refractivity contribution in [2.24, 2.45) is 0 Å². The van der Waals surface area contributed by atoms with E-state index in [0.717, 1.165) is 5.52 Å². The molecule has 0 spiro atoms. The Hall–Kier alpha value is 0.746. The Morgan fingerprint density at radius 2 is 2.00 bits per heavy atom. The van der Waals surface area contributed by atoms with Gasteiger partial charge >= 0.3 is 51.4 Å². The van der Waals surface area contributed by atoms with Crippen molar-refractivity contribution in [2.75, 3.05) is 0 Å². The third-order valence-corrected chi connectivity index (χ3v) is 2.05. The van der Waals surface area contributed by atoms with Gasteiger partial charge in [0, 0.05) is 0 Å². The molecule has 46 valence electrons. The quantitative estimate of drug-likeness (QED) is 0.555. The van der Waals surface area contributed by atoms with Gasteiger partial charge in [-0.15, -0.1) is 11.3 Å². The summed E-state index contributed by atoms with van der Waals surface area (Å²) in [6, 6.07) is 8.13. The molecule has 3 heteroatoms. The van der Waals surface area contributed by atoms with Gasteiger partial charge in [0.1, 0.15) is 0 Å². The molecule has 1 nitrogen and oxygen atoms in total. The van der Waals surface area contributed by atoms with E-state index in [2.05, 4.69) is 11.1 Å². The number of hydrogen-bond donors (Lipinski definition) is 0. The van der Waals surface area contributed by atoms with Crippen LogP contribution >= 0.6 is 11.3 Å². The SMILES string of the molecule is [KH].c1ccc2scnc2c1. The summed E-state index contributed by atoms with van der Waals surface area (Å²) in [5, 5.41) is 0. The third-order valence-electron chi connectivity index (χ3n) is 1.24. The van der Waals surface area contributed by atoms with Crippen molar-refractivity contribution < 1.29 is 0 Å². The van der Waals surface area contributed by atoms with Gasteiger partial charge in [0.15, 0.2) is 0 Å². The van der Waals surface area contributed by atoms with Gasteiger partial charge in [-0.25, -0.2) is 4.98 Å². The molecule has 0 amide bonds. The van der Waals surface area contributed by atoms with Crippen LogP contribution in [0.25, 0.3) is 10.2 Å². The number of aromatic nitrogens is 1. The van der Waals surface area contributed by atoms with Gasteiger partial charge in [-0.2, -0.15) is 0 Å². The molecule has 0 unspecified atom stereocenters. The molecule has 0 aliphatic heterocycles. The number of fused-ring (bicyclic) bond motifs is 1. The second-order valence-electron chi connectivity index (χ2n) is 1.82. The van der Waals surface area contributed by atoms with Crippen LogP contribution in [0, 0.1) is 0 Å². The first-order chi connectivity index (χ1) is 4.47. The van der Waals surface area contributed by atoms with E-state index in [1.54, 1.807) is 11.3 Å². The van der Waals surface area contributed by atoms with Crippen LogP contribution in [0.2, 0.25) is 0 Å². The van der Waals surface area contributed by atoms with Crippen molar-refractivity contribution in [1.29, 1.82) is 0 Å². The van der Waals surface area contributed by atoms with Crippen LogP contribution in [0.4, 0.5) is 0 Å². The number of nitrogens with zero attached hydrogens (tertiary/aromatic N) is 1. The molecule has 1 aromatic heterocycles. The number of thiazole rings is 1. The molecule has 1 heterocycles. The summed E-state index contributed by atoms with van der Waals surface area (Å²) in [5.74, 6) is 0. The predicted octanol–water partition coefficient (Wildman–Crippen LogP) is 1.65. The molecule has 10 heavy (non-hydrogen) atoms. The van der Waals surface area contributed by atoms with E-state index in [1.807, 2.05) is 23.7 Å². The first-order valence-electron chi connectivity index (χ1n) is 2.75. The van der Waals surface area contributed by atoms with Gasteiger partial charge < -0.3 is 0 Å². The van der Waals surface area contributed by atoms with Crippen LogP contribution in [0.1, 0.15) is 0 Å². The number of para-hydroxylation sites is 1. The monoisotopic (exact) mass is 175 g/mol. The van der Waals surface area contributed by atoms with Crippen LogP contribution in [-0.4, -0.2) is 56.4 Å². The van der Waals surface area contributed by atoms with Crippen LogP contribution in [0.15, 0.2) is 29.8 Å². The summed E-state index contributed by atoms with van der Waals surface area (Å²) in [7, 11) is 0. The molecule has 0 aliphatic carbocycles. The topological polar surface area (TPSA) is 12.9 Å². The molecular formula is C7H6KNS. The van der Waals surface area contributed by atoms with Crippen molar-refractivity contribution in [2.45, 2.75) is 0 Å². The second-order valence-corrected chi connectivity index (χ2v) is 2.71. The van der Waals surface area contributed by atoms with Crippen LogP contribution < -0.4 is 0 Å². The van der Waals surface area contributed by atoms with E-state index >= 15 is 0 Å². The zero-order valence-corrected chi connectivity index (χ0v) is 5.56. The van der Waals surface area contributed by atoms with E-state index in [-0.39, 0.29) is 51.4 Å². The summed E-state index contributed by atoms with van der Waals surface area (Å²) < 4.78 is 1.26. The minimum Gasteiger partial charge on any atom is -0.245 e. The van der Waals surface area contributed by atoms with Crippen LogP contribution in [0.5, 0.6) is 0 Å². The van der Waals surface area contributed by atoms with Crippen molar-refractivity contribution in [1.82, 2.24) is 4.98 Å². The molecule has 0 fully saturated rings. The first kappa shape index (κ1) is 8.84. The molecule has 0 aliphatic rings. The summed E-state index contributed by atoms with van der Waals surface area (Å²) in [4.78, 5) is 4.14. The van der Waals surface area contributed by atoms with Crippen LogP contribution in [-0.2, 0) is 0 Å². The molecule has 0 saturated carbocycles. The largest absolute Gasteiger partial charge is 0.245 e. The normalized spacial score (nSPS) is 9.20. The maximum atomic E-state index is 4.14. The van der Waals surface area contributed by atoms with E-state index in [9.17, 15) is 0 Å². The Labute approximate surface area is 106 Å². The molecule has 2 aromatic rings. The Morgan fingerprint density at radius 3 is 2.80 bits per heavy atom. The molecule has 0 atom stereocenters. The van der Waals surface area contributed by atoms with Crippen molar-refractivity contribution in [3.05, 3.63) is 29.8 Å². The van der Waals surface area contributed by atoms with Crippen molar-refractivity contribution in [3.8, 4) is 0 Å². The van der Waals surface area contributed by atoms with E-state index in [0.29, 0.717) is 0 Å². The van der Waals surface area contributed by atoms with E-state index < -0.39 is 0 Å². The third kappa shape index (κ3) is 1.67.